The Labute approximate surface area is 555 Å². The predicted molar refractivity (Wildman–Crippen MR) is 344 cm³/mol. The zero-order valence-electron chi connectivity index (χ0n) is 54.0. The van der Waals surface area contributed by atoms with E-state index in [4.69, 9.17) is 14.6 Å². The molecule has 0 bridgehead atoms. The number of allylic oxidation sites excluding steroid dienone is 3. The maximum Gasteiger partial charge on any atom is 1.00 e. The number of rotatable bonds is 22. The maximum absolute atomic E-state index is 13.5. The van der Waals surface area contributed by atoms with Gasteiger partial charge in [-0.05, 0) is 150 Å². The number of aliphatic hydroxyl groups excluding tert-OH is 5. The molecule has 3 aliphatic rings. The van der Waals surface area contributed by atoms with Gasteiger partial charge in [0.25, 0.3) is 0 Å². The molecular formula is C73H89F2N2NaO13. The van der Waals surface area contributed by atoms with Crippen molar-refractivity contribution in [2.24, 2.45) is 29.1 Å². The van der Waals surface area contributed by atoms with Crippen molar-refractivity contribution in [3.63, 3.8) is 0 Å². The van der Waals surface area contributed by atoms with Crippen LogP contribution in [-0.2, 0) is 28.7 Å². The van der Waals surface area contributed by atoms with Crippen LogP contribution >= 0.6 is 0 Å². The molecule has 3 heterocycles. The minimum atomic E-state index is -1.36. The van der Waals surface area contributed by atoms with E-state index in [1.807, 2.05) is 69.3 Å². The van der Waals surface area contributed by atoms with Crippen LogP contribution in [0.5, 0.6) is 0 Å². The third kappa shape index (κ3) is 19.5. The van der Waals surface area contributed by atoms with Crippen molar-refractivity contribution in [2.75, 3.05) is 0 Å². The van der Waals surface area contributed by atoms with Crippen LogP contribution in [0, 0.1) is 40.7 Å². The molecule has 9 rings (SSSR count). The van der Waals surface area contributed by atoms with Crippen molar-refractivity contribution in [1.82, 2.24) is 9.13 Å². The van der Waals surface area contributed by atoms with E-state index >= 15 is 0 Å². The number of carboxylic acids is 2. The summed E-state index contributed by atoms with van der Waals surface area (Å²) >= 11 is 0. The normalized spacial score (nSPS) is 21.2. The number of halogens is 2. The van der Waals surface area contributed by atoms with Crippen LogP contribution < -0.4 is 34.7 Å². The summed E-state index contributed by atoms with van der Waals surface area (Å²) in [6, 6.07) is 28.7. The van der Waals surface area contributed by atoms with Gasteiger partial charge in [0.15, 0.2) is 0 Å². The van der Waals surface area contributed by atoms with Gasteiger partial charge in [-0.3, -0.25) is 14.4 Å². The molecule has 0 amide bonds. The smallest absolute Gasteiger partial charge is 0.550 e. The molecule has 18 heteroatoms. The van der Waals surface area contributed by atoms with Crippen LogP contribution in [0.1, 0.15) is 150 Å². The summed E-state index contributed by atoms with van der Waals surface area (Å²) < 4.78 is 42.9. The average Bonchev–Trinajstić information content (AvgIpc) is 1.66. The Bertz CT molecular complexity index is 3380. The van der Waals surface area contributed by atoms with Crippen LogP contribution in [-0.4, -0.2) is 106 Å². The predicted octanol–water partition coefficient (Wildman–Crippen LogP) is 9.51. The summed E-state index contributed by atoms with van der Waals surface area (Å²) in [6.45, 7) is 18.5. The molecule has 15 nitrogen and oxygen atoms in total. The van der Waals surface area contributed by atoms with Crippen LogP contribution in [0.2, 0.25) is 0 Å². The molecule has 0 unspecified atom stereocenters. The van der Waals surface area contributed by atoms with Crippen molar-refractivity contribution in [2.45, 2.75) is 181 Å². The SMILES string of the molecule is CC(C)n1c(/C=C/[C@@H](O)C[C@@H](O)CC(=O)O)c(-c2ccc(F)cc2)c2ccccc21.CC(C)n1c(/C=C/[C@@H](O)C[C@@H](O)CC(=O)[O-])c(-c2ccc(F)cc2)c2ccccc21.CCC(C)(C)C(=O)O[C@H]1C[C@@H](C)C=C2C=C[C@H](C)[C@H](CC[C@@H]3C[C@@H](O)CC(=O)O3)[C@H]21.[Na+]. The van der Waals surface area contributed by atoms with Crippen LogP contribution in [0.15, 0.2) is 133 Å². The molecule has 6 N–H and O–H groups in total. The van der Waals surface area contributed by atoms with E-state index in [0.717, 1.165) is 81.1 Å². The zero-order chi connectivity index (χ0) is 65.7. The fourth-order valence-corrected chi connectivity index (χ4v) is 12.6. The van der Waals surface area contributed by atoms with E-state index in [0.29, 0.717) is 24.2 Å². The first-order valence-electron chi connectivity index (χ1n) is 31.4. The van der Waals surface area contributed by atoms with Gasteiger partial charge < -0.3 is 59.1 Å². The molecule has 6 aromatic rings. The number of carboxylic acid groups (broad SMARTS) is 2. The number of para-hydroxylation sites is 2. The molecule has 0 radical (unpaired) electrons. The number of carbonyl (C=O) groups excluding carboxylic acids is 3. The Hall–Kier alpha value is -6.54. The second kappa shape index (κ2) is 33.3. The summed E-state index contributed by atoms with van der Waals surface area (Å²) in [5, 5.41) is 71.4. The molecule has 1 saturated heterocycles. The molecule has 2 aromatic heterocycles. The number of ether oxygens (including phenoxy) is 2. The van der Waals surface area contributed by atoms with Crippen LogP contribution in [0.3, 0.4) is 0 Å². The second-order valence-corrected chi connectivity index (χ2v) is 25.6. The third-order valence-electron chi connectivity index (χ3n) is 17.3. The van der Waals surface area contributed by atoms with Crippen molar-refractivity contribution >= 4 is 57.8 Å². The number of hydrogen-bond donors (Lipinski definition) is 6. The van der Waals surface area contributed by atoms with Crippen molar-refractivity contribution < 1.29 is 103 Å². The molecule has 91 heavy (non-hydrogen) atoms. The molecule has 0 saturated carbocycles. The first-order chi connectivity index (χ1) is 42.6. The Morgan fingerprint density at radius 2 is 1.22 bits per heavy atom. The summed E-state index contributed by atoms with van der Waals surface area (Å²) in [7, 11) is 0. The number of aromatic nitrogens is 2. The molecule has 11 atom stereocenters. The Balaban J connectivity index is 0.000000216. The number of aliphatic hydroxyl groups is 5. The summed E-state index contributed by atoms with van der Waals surface area (Å²) in [5.74, 6) is -2.33. The number of aliphatic carboxylic acids is 2. The van der Waals surface area contributed by atoms with Gasteiger partial charge >= 0.3 is 47.5 Å². The number of hydrogen-bond acceptors (Lipinski definition) is 12. The third-order valence-corrected chi connectivity index (χ3v) is 17.3. The Morgan fingerprint density at radius 3 is 1.67 bits per heavy atom. The van der Waals surface area contributed by atoms with Crippen molar-refractivity contribution in [3.8, 4) is 22.3 Å². The zero-order valence-corrected chi connectivity index (χ0v) is 56.0. The first kappa shape index (κ1) is 73.5. The van der Waals surface area contributed by atoms with Gasteiger partial charge in [0, 0.05) is 94.0 Å². The van der Waals surface area contributed by atoms with Crippen LogP contribution in [0.25, 0.3) is 56.2 Å². The number of cyclic esters (lactones) is 1. The van der Waals surface area contributed by atoms with Gasteiger partial charge in [-0.1, -0.05) is 112 Å². The largest absolute Gasteiger partial charge is 1.00 e. The van der Waals surface area contributed by atoms with Gasteiger partial charge in [-0.2, -0.15) is 0 Å². The maximum atomic E-state index is 13.5. The van der Waals surface area contributed by atoms with E-state index in [1.54, 1.807) is 48.6 Å². The molecule has 484 valence electrons. The average molecular weight is 1260 g/mol. The first-order valence-corrected chi connectivity index (χ1v) is 31.4. The Morgan fingerprint density at radius 1 is 0.736 bits per heavy atom. The number of nitrogens with zero attached hydrogens (tertiary/aromatic N) is 2. The van der Waals surface area contributed by atoms with Crippen LogP contribution in [0.4, 0.5) is 8.78 Å². The van der Waals surface area contributed by atoms with E-state index in [1.165, 1.54) is 29.8 Å². The number of esters is 2. The minimum absolute atomic E-state index is 0. The minimum Gasteiger partial charge on any atom is -0.550 e. The quantitative estimate of drug-likeness (QED) is 0.0275. The van der Waals surface area contributed by atoms with E-state index in [-0.39, 0.29) is 103 Å². The molecule has 2 aliphatic carbocycles. The molecule has 1 fully saturated rings. The molecule has 0 spiro atoms. The van der Waals surface area contributed by atoms with E-state index in [9.17, 15) is 58.6 Å². The topological polar surface area (TPSA) is 241 Å². The monoisotopic (exact) mass is 1260 g/mol. The number of benzene rings is 4. The summed E-state index contributed by atoms with van der Waals surface area (Å²) in [6.07, 6.45) is 10.8. The molecule has 1 aliphatic heterocycles. The molecular weight excluding hydrogens is 1170 g/mol. The van der Waals surface area contributed by atoms with Crippen molar-refractivity contribution in [3.05, 3.63) is 156 Å². The molecule has 4 aromatic carbocycles. The fraction of sp³-hybridized carbons (Fsp3) is 0.452. The van der Waals surface area contributed by atoms with Gasteiger partial charge in [0.05, 0.1) is 48.8 Å². The van der Waals surface area contributed by atoms with Gasteiger partial charge in [0.1, 0.15) is 23.8 Å². The summed E-state index contributed by atoms with van der Waals surface area (Å²) in [5.41, 5.74) is 8.05. The van der Waals surface area contributed by atoms with Gasteiger partial charge in [0.2, 0.25) is 0 Å². The van der Waals surface area contributed by atoms with E-state index in [2.05, 4.69) is 68.9 Å². The number of carbonyl (C=O) groups is 4. The number of fused-ring (bicyclic) bond motifs is 3. The van der Waals surface area contributed by atoms with E-state index < -0.39 is 60.7 Å². The second-order valence-electron chi connectivity index (χ2n) is 25.6. The fourth-order valence-electron chi connectivity index (χ4n) is 12.6. The standard InChI is InChI=1S/C25H38O5.2C24H26FNO4.Na/c1-6-25(4,5)24(28)30-21-12-15(2)11-17-8-7-16(3)20(23(17)21)10-9-19-13-18(26)14-22(27)29-19;2*1-15(2)26-21-6-4-3-5-20(21)24(16-7-9-17(25)10-8-16)22(26)12-11-18(27)13-19(28)14-23(29)30;/h7-8,11,15-16,18-21,23,26H,6,9-10,12-14H2,1-5H3;2*3-12,15,18-19,27-28H,13-14H2,1-2H3,(H,29,30);/q;;;+1/p-1/b;2*12-11+;/t15-,16-,18+,19+,20-,21-,23-;2*18-,19-;/m011./s1. The summed E-state index contributed by atoms with van der Waals surface area (Å²) in [4.78, 5) is 45.9. The van der Waals surface area contributed by atoms with Gasteiger partial charge in [-0.15, -0.1) is 0 Å². The van der Waals surface area contributed by atoms with Crippen molar-refractivity contribution in [1.29, 1.82) is 0 Å². The Kier molecular flexibility index (Phi) is 26.9. The van der Waals surface area contributed by atoms with Gasteiger partial charge in [-0.25, -0.2) is 8.78 Å².